The molecule has 5 heteroatoms. The second kappa shape index (κ2) is 5.26. The summed E-state index contributed by atoms with van der Waals surface area (Å²) in [6.07, 6.45) is 6.22. The highest BCUT2D eigenvalue weighted by molar-refractivity contribution is 5.88. The Morgan fingerprint density at radius 2 is 1.83 bits per heavy atom. The summed E-state index contributed by atoms with van der Waals surface area (Å²) in [5.74, 6) is -1.11. The number of carboxylic acids is 1. The number of hydrogen-bond donors (Lipinski definition) is 3. The van der Waals surface area contributed by atoms with Gasteiger partial charge >= 0.3 is 5.97 Å². The van der Waals surface area contributed by atoms with Gasteiger partial charge in [0.15, 0.2) is 0 Å². The Morgan fingerprint density at radius 3 is 2.33 bits per heavy atom. The van der Waals surface area contributed by atoms with Crippen LogP contribution in [0.2, 0.25) is 0 Å². The van der Waals surface area contributed by atoms with Gasteiger partial charge in [0.2, 0.25) is 5.91 Å². The molecule has 0 spiro atoms. The summed E-state index contributed by atoms with van der Waals surface area (Å²) < 4.78 is 0. The normalized spacial score (nSPS) is 30.9. The molecular formula is C13H22N2O3. The van der Waals surface area contributed by atoms with Gasteiger partial charge in [0, 0.05) is 12.0 Å². The molecule has 0 aromatic rings. The molecule has 2 rings (SSSR count). The lowest BCUT2D eigenvalue weighted by Crippen LogP contribution is -2.56. The first-order valence-corrected chi connectivity index (χ1v) is 6.84. The Kier molecular flexibility index (Phi) is 3.90. The third-order valence-corrected chi connectivity index (χ3v) is 4.32. The summed E-state index contributed by atoms with van der Waals surface area (Å²) in [6.45, 7) is 0. The number of carbonyl (C=O) groups is 2. The molecule has 2 fully saturated rings. The molecule has 0 aromatic carbocycles. The van der Waals surface area contributed by atoms with Crippen molar-refractivity contribution in [2.45, 2.75) is 62.9 Å². The highest BCUT2D eigenvalue weighted by atomic mass is 16.4. The van der Waals surface area contributed by atoms with Crippen molar-refractivity contribution in [1.29, 1.82) is 0 Å². The third-order valence-electron chi connectivity index (χ3n) is 4.32. The fraction of sp³-hybridized carbons (Fsp3) is 0.846. The average Bonchev–Trinajstić information content (AvgIpc) is 2.77. The molecular weight excluding hydrogens is 232 g/mol. The van der Waals surface area contributed by atoms with Crippen molar-refractivity contribution in [2.24, 2.45) is 11.7 Å². The molecule has 1 amide bonds. The zero-order valence-corrected chi connectivity index (χ0v) is 10.7. The summed E-state index contributed by atoms with van der Waals surface area (Å²) >= 11 is 0. The molecule has 2 unspecified atom stereocenters. The third kappa shape index (κ3) is 2.66. The predicted molar refractivity (Wildman–Crippen MR) is 66.9 cm³/mol. The van der Waals surface area contributed by atoms with E-state index >= 15 is 0 Å². The molecule has 0 aromatic heterocycles. The predicted octanol–water partition coefficient (Wildman–Crippen LogP) is 1.02. The maximum Gasteiger partial charge on any atom is 0.329 e. The smallest absolute Gasteiger partial charge is 0.329 e. The van der Waals surface area contributed by atoms with Crippen molar-refractivity contribution in [3.8, 4) is 0 Å². The molecule has 0 bridgehead atoms. The van der Waals surface area contributed by atoms with Crippen LogP contribution in [0.25, 0.3) is 0 Å². The first-order valence-electron chi connectivity index (χ1n) is 6.84. The van der Waals surface area contributed by atoms with Gasteiger partial charge in [-0.1, -0.05) is 19.3 Å². The van der Waals surface area contributed by atoms with Crippen LogP contribution in [-0.4, -0.2) is 28.6 Å². The van der Waals surface area contributed by atoms with Crippen LogP contribution in [-0.2, 0) is 9.59 Å². The van der Waals surface area contributed by atoms with Gasteiger partial charge in [0.1, 0.15) is 5.54 Å². The number of rotatable bonds is 3. The zero-order chi connectivity index (χ0) is 13.2. The molecule has 0 aliphatic heterocycles. The standard InChI is InChI=1S/C13H22N2O3/c14-10-5-4-9(8-10)11(16)15-13(12(17)18)6-2-1-3-7-13/h9-10H,1-8,14H2,(H,15,16)(H,17,18). The maximum atomic E-state index is 12.1. The van der Waals surface area contributed by atoms with E-state index in [4.69, 9.17) is 5.73 Å². The minimum Gasteiger partial charge on any atom is -0.480 e. The summed E-state index contributed by atoms with van der Waals surface area (Å²) in [5.41, 5.74) is 4.77. The van der Waals surface area contributed by atoms with Crippen LogP contribution < -0.4 is 11.1 Å². The van der Waals surface area contributed by atoms with Gasteiger partial charge in [-0.25, -0.2) is 4.79 Å². The Morgan fingerprint density at radius 1 is 1.17 bits per heavy atom. The molecule has 4 N–H and O–H groups in total. The molecule has 102 valence electrons. The number of hydrogen-bond acceptors (Lipinski definition) is 3. The van der Waals surface area contributed by atoms with Gasteiger partial charge in [0.05, 0.1) is 0 Å². The largest absolute Gasteiger partial charge is 0.480 e. The van der Waals surface area contributed by atoms with Crippen LogP contribution in [0, 0.1) is 5.92 Å². The number of nitrogens with one attached hydrogen (secondary N) is 1. The summed E-state index contributed by atoms with van der Waals surface area (Å²) in [5, 5.41) is 12.2. The van der Waals surface area contributed by atoms with Gasteiger partial charge in [-0.3, -0.25) is 4.79 Å². The van der Waals surface area contributed by atoms with E-state index in [0.29, 0.717) is 19.3 Å². The minimum atomic E-state index is -1.03. The van der Waals surface area contributed by atoms with Crippen molar-refractivity contribution in [3.63, 3.8) is 0 Å². The first kappa shape index (κ1) is 13.3. The molecule has 0 saturated heterocycles. The molecule has 5 nitrogen and oxygen atoms in total. The number of carboxylic acid groups (broad SMARTS) is 1. The Hall–Kier alpha value is -1.10. The van der Waals surface area contributed by atoms with Gasteiger partial charge in [-0.2, -0.15) is 0 Å². The second-order valence-corrected chi connectivity index (χ2v) is 5.71. The number of aliphatic carboxylic acids is 1. The molecule has 2 aliphatic rings. The highest BCUT2D eigenvalue weighted by Gasteiger charge is 2.42. The summed E-state index contributed by atoms with van der Waals surface area (Å²) in [7, 11) is 0. The molecule has 2 aliphatic carbocycles. The average molecular weight is 254 g/mol. The maximum absolute atomic E-state index is 12.1. The highest BCUT2D eigenvalue weighted by Crippen LogP contribution is 2.31. The molecule has 0 radical (unpaired) electrons. The number of carbonyl (C=O) groups excluding carboxylic acids is 1. The van der Waals surface area contributed by atoms with Gasteiger partial charge in [-0.05, 0) is 32.1 Å². The fourth-order valence-electron chi connectivity index (χ4n) is 3.14. The van der Waals surface area contributed by atoms with E-state index in [1.54, 1.807) is 0 Å². The van der Waals surface area contributed by atoms with Crippen LogP contribution in [0.1, 0.15) is 51.4 Å². The fourth-order valence-corrected chi connectivity index (χ4v) is 3.14. The quantitative estimate of drug-likeness (QED) is 0.701. The summed E-state index contributed by atoms with van der Waals surface area (Å²) in [4.78, 5) is 23.6. The Balaban J connectivity index is 2.00. The Labute approximate surface area is 107 Å². The number of nitrogens with two attached hydrogens (primary N) is 1. The second-order valence-electron chi connectivity index (χ2n) is 5.71. The van der Waals surface area contributed by atoms with Crippen molar-refractivity contribution >= 4 is 11.9 Å². The number of amides is 1. The van der Waals surface area contributed by atoms with Crippen molar-refractivity contribution < 1.29 is 14.7 Å². The molecule has 18 heavy (non-hydrogen) atoms. The SMILES string of the molecule is NC1CCC(C(=O)NC2(C(=O)O)CCCCC2)C1. The van der Waals surface area contributed by atoms with Crippen LogP contribution in [0.4, 0.5) is 0 Å². The van der Waals surface area contributed by atoms with Crippen LogP contribution >= 0.6 is 0 Å². The topological polar surface area (TPSA) is 92.4 Å². The van der Waals surface area contributed by atoms with Crippen molar-refractivity contribution in [1.82, 2.24) is 5.32 Å². The van der Waals surface area contributed by atoms with E-state index in [1.165, 1.54) is 0 Å². The molecule has 0 heterocycles. The van der Waals surface area contributed by atoms with E-state index in [2.05, 4.69) is 5.32 Å². The monoisotopic (exact) mass is 254 g/mol. The van der Waals surface area contributed by atoms with Crippen molar-refractivity contribution in [2.75, 3.05) is 0 Å². The van der Waals surface area contributed by atoms with E-state index in [9.17, 15) is 14.7 Å². The van der Waals surface area contributed by atoms with Crippen molar-refractivity contribution in [3.05, 3.63) is 0 Å². The van der Waals surface area contributed by atoms with Gasteiger partial charge < -0.3 is 16.2 Å². The van der Waals surface area contributed by atoms with E-state index in [1.807, 2.05) is 0 Å². The lowest BCUT2D eigenvalue weighted by molar-refractivity contribution is -0.150. The molecule has 2 saturated carbocycles. The van der Waals surface area contributed by atoms with Crippen LogP contribution in [0.3, 0.4) is 0 Å². The molecule has 2 atom stereocenters. The van der Waals surface area contributed by atoms with E-state index < -0.39 is 11.5 Å². The van der Waals surface area contributed by atoms with E-state index in [0.717, 1.165) is 32.1 Å². The minimum absolute atomic E-state index is 0.0906. The van der Waals surface area contributed by atoms with Crippen LogP contribution in [0.5, 0.6) is 0 Å². The van der Waals surface area contributed by atoms with Gasteiger partial charge in [-0.15, -0.1) is 0 Å². The van der Waals surface area contributed by atoms with E-state index in [-0.39, 0.29) is 17.9 Å². The Bertz CT molecular complexity index is 337. The summed E-state index contributed by atoms with van der Waals surface area (Å²) in [6, 6.07) is 0.0906. The van der Waals surface area contributed by atoms with Crippen LogP contribution in [0.15, 0.2) is 0 Å². The first-order chi connectivity index (χ1) is 8.53. The zero-order valence-electron chi connectivity index (χ0n) is 10.7. The van der Waals surface area contributed by atoms with Gasteiger partial charge in [0.25, 0.3) is 0 Å². The lowest BCUT2D eigenvalue weighted by atomic mass is 9.81. The lowest BCUT2D eigenvalue weighted by Gasteiger charge is -2.34.